The largest absolute Gasteiger partial charge is 0.310 e. The molecule has 2 nitrogen and oxygen atoms in total. The molecule has 9 aromatic carbocycles. The summed E-state index contributed by atoms with van der Waals surface area (Å²) < 4.78 is 2.42. The molecular formula is C65H58N2. The topological polar surface area (TPSA) is 8.17 Å². The summed E-state index contributed by atoms with van der Waals surface area (Å²) in [4.78, 5) is 2.41. The Kier molecular flexibility index (Phi) is 10.8. The molecule has 0 saturated heterocycles. The fourth-order valence-electron chi connectivity index (χ4n) is 11.0. The van der Waals surface area contributed by atoms with Gasteiger partial charge in [-0.3, -0.25) is 0 Å². The van der Waals surface area contributed by atoms with Gasteiger partial charge in [0.1, 0.15) is 0 Å². The molecule has 0 N–H and O–H groups in total. The minimum atomic E-state index is -0.105. The van der Waals surface area contributed by atoms with Crippen molar-refractivity contribution in [2.45, 2.75) is 59.3 Å². The van der Waals surface area contributed by atoms with Crippen molar-refractivity contribution < 1.29 is 0 Å². The van der Waals surface area contributed by atoms with Crippen LogP contribution in [0.1, 0.15) is 70.6 Å². The van der Waals surface area contributed by atoms with Crippen molar-refractivity contribution >= 4 is 38.9 Å². The molecule has 1 heterocycles. The van der Waals surface area contributed by atoms with E-state index in [9.17, 15) is 0 Å². The molecule has 0 amide bonds. The van der Waals surface area contributed by atoms with Crippen molar-refractivity contribution in [1.82, 2.24) is 4.57 Å². The Balaban J connectivity index is 0.989. The Bertz CT molecular complexity index is 3370. The highest BCUT2D eigenvalue weighted by atomic mass is 15.1. The Labute approximate surface area is 396 Å². The van der Waals surface area contributed by atoms with Crippen LogP contribution in [0.15, 0.2) is 212 Å². The molecule has 0 saturated carbocycles. The van der Waals surface area contributed by atoms with Gasteiger partial charge in [-0.15, -0.1) is 0 Å². The summed E-state index contributed by atoms with van der Waals surface area (Å²) in [7, 11) is 0. The Hall–Kier alpha value is -7.42. The van der Waals surface area contributed by atoms with Gasteiger partial charge in [-0.2, -0.15) is 0 Å². The number of fused-ring (bicyclic) bond motifs is 6. The van der Waals surface area contributed by atoms with E-state index in [2.05, 4.69) is 263 Å². The second-order valence-corrected chi connectivity index (χ2v) is 19.9. The quantitative estimate of drug-likeness (QED) is 0.126. The summed E-state index contributed by atoms with van der Waals surface area (Å²) in [5, 5.41) is 2.50. The zero-order chi connectivity index (χ0) is 45.8. The van der Waals surface area contributed by atoms with Gasteiger partial charge in [0, 0.05) is 38.9 Å². The summed E-state index contributed by atoms with van der Waals surface area (Å²) in [5.74, 6) is 1.83. The highest BCUT2D eigenvalue weighted by Gasteiger charge is 2.35. The zero-order valence-corrected chi connectivity index (χ0v) is 39.5. The van der Waals surface area contributed by atoms with Gasteiger partial charge >= 0.3 is 0 Å². The number of rotatable bonds is 11. The number of hydrogen-bond acceptors (Lipinski definition) is 1. The van der Waals surface area contributed by atoms with Crippen LogP contribution in [-0.4, -0.2) is 4.57 Å². The second-order valence-electron chi connectivity index (χ2n) is 19.9. The van der Waals surface area contributed by atoms with Gasteiger partial charge < -0.3 is 9.47 Å². The lowest BCUT2D eigenvalue weighted by molar-refractivity contribution is 0.408. The highest BCUT2D eigenvalue weighted by molar-refractivity contribution is 6.11. The average Bonchev–Trinajstić information content (AvgIpc) is 3.81. The maximum atomic E-state index is 2.42. The van der Waals surface area contributed by atoms with E-state index in [1.54, 1.807) is 0 Å². The first-order chi connectivity index (χ1) is 32.6. The lowest BCUT2D eigenvalue weighted by atomic mass is 9.82. The SMILES string of the molecule is CC(C)CC(c1ccc(-c2ccc3c(c2)c2cc(-c4ccc(N(c5ccc(-c6ccccc6)cc5)c5ccc6c(c5)C(C)(C)c5ccccc5-6)cc4)ccc2n3-c2ccccc2)cc1)C(C)C. The molecule has 0 fully saturated rings. The van der Waals surface area contributed by atoms with E-state index in [1.807, 2.05) is 0 Å². The molecule has 1 aliphatic rings. The van der Waals surface area contributed by atoms with Gasteiger partial charge in [-0.25, -0.2) is 0 Å². The molecule has 1 atom stereocenters. The fourth-order valence-corrected chi connectivity index (χ4v) is 11.0. The summed E-state index contributed by atoms with van der Waals surface area (Å²) in [6.07, 6.45) is 1.21. The third kappa shape index (κ3) is 7.65. The molecule has 1 unspecified atom stereocenters. The fraction of sp³-hybridized carbons (Fsp3) is 0.169. The monoisotopic (exact) mass is 866 g/mol. The standard InChI is InChI=1S/C65H58N2/c1-43(2)39-58(44(3)4)49-23-21-47(22-24-49)50-29-37-63-59(40-50)60-41-51(30-38-64(60)67(63)52-17-11-8-12-18-52)48-27-33-54(34-28-48)66(53-31-25-46(26-32-53)45-15-9-7-10-16-45)55-35-36-57-56-19-13-14-20-61(56)65(5,6)62(57)42-55/h7-38,40-44,58H,39H2,1-6H3. The van der Waals surface area contributed by atoms with Gasteiger partial charge in [0.05, 0.1) is 11.0 Å². The minimum Gasteiger partial charge on any atom is -0.310 e. The lowest BCUT2D eigenvalue weighted by Crippen LogP contribution is -2.16. The van der Waals surface area contributed by atoms with Crippen LogP contribution >= 0.6 is 0 Å². The van der Waals surface area contributed by atoms with E-state index in [1.165, 1.54) is 89.4 Å². The van der Waals surface area contributed by atoms with E-state index in [-0.39, 0.29) is 5.41 Å². The second kappa shape index (κ2) is 17.1. The summed E-state index contributed by atoms with van der Waals surface area (Å²) in [6.45, 7) is 14.1. The van der Waals surface area contributed by atoms with Gasteiger partial charge in [0.2, 0.25) is 0 Å². The van der Waals surface area contributed by atoms with Crippen LogP contribution in [0.5, 0.6) is 0 Å². The zero-order valence-electron chi connectivity index (χ0n) is 39.5. The van der Waals surface area contributed by atoms with Crippen LogP contribution in [0.2, 0.25) is 0 Å². The van der Waals surface area contributed by atoms with E-state index in [4.69, 9.17) is 0 Å². The molecule has 0 spiro atoms. The minimum absolute atomic E-state index is 0.105. The van der Waals surface area contributed by atoms with Crippen molar-refractivity contribution in [3.05, 3.63) is 229 Å². The smallest absolute Gasteiger partial charge is 0.0541 e. The Morgan fingerprint density at radius 2 is 0.881 bits per heavy atom. The summed E-state index contributed by atoms with van der Waals surface area (Å²) in [6, 6.07) is 79.0. The molecule has 1 aromatic heterocycles. The van der Waals surface area contributed by atoms with Crippen LogP contribution in [0, 0.1) is 11.8 Å². The first kappa shape index (κ1) is 42.2. The van der Waals surface area contributed by atoms with Crippen molar-refractivity contribution in [2.75, 3.05) is 4.90 Å². The van der Waals surface area contributed by atoms with Gasteiger partial charge in [0.15, 0.2) is 0 Å². The molecule has 10 aromatic rings. The Morgan fingerprint density at radius 3 is 1.45 bits per heavy atom. The van der Waals surface area contributed by atoms with Crippen molar-refractivity contribution in [3.8, 4) is 50.2 Å². The number of hydrogen-bond donors (Lipinski definition) is 0. The van der Waals surface area contributed by atoms with Crippen LogP contribution in [0.25, 0.3) is 72.0 Å². The van der Waals surface area contributed by atoms with Crippen LogP contribution in [-0.2, 0) is 5.41 Å². The highest BCUT2D eigenvalue weighted by Crippen LogP contribution is 2.51. The number of benzene rings is 9. The maximum absolute atomic E-state index is 2.42. The summed E-state index contributed by atoms with van der Waals surface area (Å²) in [5.41, 5.74) is 21.0. The van der Waals surface area contributed by atoms with Crippen molar-refractivity contribution in [1.29, 1.82) is 0 Å². The predicted octanol–water partition coefficient (Wildman–Crippen LogP) is 18.3. The van der Waals surface area contributed by atoms with E-state index in [0.29, 0.717) is 17.8 Å². The van der Waals surface area contributed by atoms with Crippen molar-refractivity contribution in [3.63, 3.8) is 0 Å². The van der Waals surface area contributed by atoms with Crippen LogP contribution in [0.3, 0.4) is 0 Å². The predicted molar refractivity (Wildman–Crippen MR) is 286 cm³/mol. The molecule has 0 aliphatic heterocycles. The van der Waals surface area contributed by atoms with Gasteiger partial charge in [-0.05, 0) is 158 Å². The van der Waals surface area contributed by atoms with Crippen molar-refractivity contribution in [2.24, 2.45) is 11.8 Å². The molecule has 0 bridgehead atoms. The molecule has 11 rings (SSSR count). The van der Waals surface area contributed by atoms with Gasteiger partial charge in [-0.1, -0.05) is 181 Å². The average molecular weight is 867 g/mol. The van der Waals surface area contributed by atoms with Crippen LogP contribution < -0.4 is 4.90 Å². The molecule has 328 valence electrons. The van der Waals surface area contributed by atoms with E-state index >= 15 is 0 Å². The van der Waals surface area contributed by atoms with E-state index in [0.717, 1.165) is 22.7 Å². The first-order valence-electron chi connectivity index (χ1n) is 24.2. The third-order valence-electron chi connectivity index (χ3n) is 14.5. The molecule has 67 heavy (non-hydrogen) atoms. The normalized spacial score (nSPS) is 13.3. The number of para-hydroxylation sites is 1. The first-order valence-corrected chi connectivity index (χ1v) is 24.2. The van der Waals surface area contributed by atoms with Crippen LogP contribution in [0.4, 0.5) is 17.1 Å². The molecule has 0 radical (unpaired) electrons. The van der Waals surface area contributed by atoms with E-state index < -0.39 is 0 Å². The summed E-state index contributed by atoms with van der Waals surface area (Å²) >= 11 is 0. The third-order valence-corrected chi connectivity index (χ3v) is 14.5. The molecular weight excluding hydrogens is 809 g/mol. The Morgan fingerprint density at radius 1 is 0.418 bits per heavy atom. The van der Waals surface area contributed by atoms with Gasteiger partial charge in [0.25, 0.3) is 0 Å². The number of nitrogens with zero attached hydrogens (tertiary/aromatic N) is 2. The molecule has 1 aliphatic carbocycles. The number of aromatic nitrogens is 1. The lowest BCUT2D eigenvalue weighted by Gasteiger charge is -2.28. The number of anilines is 3. The molecule has 2 heteroatoms. The maximum Gasteiger partial charge on any atom is 0.0541 e.